The molecule has 2 heterocycles. The number of hydrogen-bond donors (Lipinski definition) is 1. The van der Waals surface area contributed by atoms with Crippen LogP contribution in [0.3, 0.4) is 0 Å². The van der Waals surface area contributed by atoms with E-state index in [0.717, 1.165) is 22.5 Å². The van der Waals surface area contributed by atoms with Gasteiger partial charge >= 0.3 is 0 Å². The zero-order valence-electron chi connectivity index (χ0n) is 14.0. The van der Waals surface area contributed by atoms with Gasteiger partial charge in [-0.15, -0.1) is 0 Å². The van der Waals surface area contributed by atoms with Crippen molar-refractivity contribution in [3.63, 3.8) is 0 Å². The first-order valence-corrected chi connectivity index (χ1v) is 8.31. The summed E-state index contributed by atoms with van der Waals surface area (Å²) in [6.07, 6.45) is 5.46. The fourth-order valence-corrected chi connectivity index (χ4v) is 2.61. The van der Waals surface area contributed by atoms with Crippen molar-refractivity contribution in [1.82, 2.24) is 14.8 Å². The van der Waals surface area contributed by atoms with Gasteiger partial charge < -0.3 is 0 Å². The number of nitrogens with zero attached hydrogens (tertiary/aromatic N) is 4. The second kappa shape index (κ2) is 7.44. The second-order valence-corrected chi connectivity index (χ2v) is 5.66. The Balaban J connectivity index is 1.69. The first-order chi connectivity index (χ1) is 12.9. The van der Waals surface area contributed by atoms with Crippen molar-refractivity contribution in [2.45, 2.75) is 0 Å². The van der Waals surface area contributed by atoms with Gasteiger partial charge in [-0.2, -0.15) is 10.2 Å². The minimum absolute atomic E-state index is 0.695. The molecule has 5 heteroatoms. The van der Waals surface area contributed by atoms with Crippen LogP contribution in [0.15, 0.2) is 96.4 Å². The van der Waals surface area contributed by atoms with Crippen molar-refractivity contribution in [2.75, 3.05) is 5.43 Å². The van der Waals surface area contributed by atoms with Crippen LogP contribution < -0.4 is 5.43 Å². The molecule has 0 radical (unpaired) electrons. The van der Waals surface area contributed by atoms with Gasteiger partial charge in [-0.3, -0.25) is 5.43 Å². The highest BCUT2D eigenvalue weighted by molar-refractivity contribution is 5.89. The maximum Gasteiger partial charge on any atom is 0.146 e. The number of hydrazone groups is 1. The normalized spacial score (nSPS) is 10.9. The number of hydrogen-bond acceptors (Lipinski definition) is 4. The summed E-state index contributed by atoms with van der Waals surface area (Å²) in [5, 5.41) is 9.07. The lowest BCUT2D eigenvalue weighted by atomic mass is 10.1. The van der Waals surface area contributed by atoms with Gasteiger partial charge in [0.2, 0.25) is 0 Å². The maximum atomic E-state index is 4.76. The molecule has 0 amide bonds. The monoisotopic (exact) mass is 339 g/mol. The smallest absolute Gasteiger partial charge is 0.146 e. The molecule has 26 heavy (non-hydrogen) atoms. The van der Waals surface area contributed by atoms with Gasteiger partial charge in [-0.05, 0) is 24.3 Å². The van der Waals surface area contributed by atoms with Gasteiger partial charge in [0.15, 0.2) is 0 Å². The number of anilines is 1. The summed E-state index contributed by atoms with van der Waals surface area (Å²) in [6.45, 7) is 0. The Morgan fingerprint density at radius 3 is 2.31 bits per heavy atom. The molecule has 126 valence electrons. The zero-order valence-corrected chi connectivity index (χ0v) is 14.0. The summed E-state index contributed by atoms with van der Waals surface area (Å²) in [5.74, 6) is 0.695. The standard InChI is InChI=1S/C21H17N5/c1-3-9-17(10-4-1)21-18(15-23-24-20-13-7-8-14-22-20)16-26(25-21)19-11-5-2-6-12-19/h1-16H,(H,22,24)/b23-15+. The molecule has 5 nitrogen and oxygen atoms in total. The van der Waals surface area contributed by atoms with Crippen LogP contribution in [-0.4, -0.2) is 21.0 Å². The SMILES string of the molecule is C(=N\Nc1ccccn1)/c1cn(-c2ccccc2)nc1-c1ccccc1. The molecule has 4 aromatic rings. The summed E-state index contributed by atoms with van der Waals surface area (Å²) in [5.41, 5.74) is 6.78. The second-order valence-electron chi connectivity index (χ2n) is 5.66. The topological polar surface area (TPSA) is 55.1 Å². The molecule has 0 bridgehead atoms. The maximum absolute atomic E-state index is 4.76. The van der Waals surface area contributed by atoms with E-state index < -0.39 is 0 Å². The van der Waals surface area contributed by atoms with E-state index in [1.54, 1.807) is 12.4 Å². The number of pyridine rings is 1. The van der Waals surface area contributed by atoms with Crippen molar-refractivity contribution < 1.29 is 0 Å². The van der Waals surface area contributed by atoms with E-state index in [2.05, 4.69) is 15.5 Å². The third kappa shape index (κ3) is 3.52. The lowest BCUT2D eigenvalue weighted by Crippen LogP contribution is -1.93. The van der Waals surface area contributed by atoms with Crippen LogP contribution in [-0.2, 0) is 0 Å². The summed E-state index contributed by atoms with van der Waals surface area (Å²) < 4.78 is 1.87. The van der Waals surface area contributed by atoms with Crippen molar-refractivity contribution in [3.8, 4) is 16.9 Å². The van der Waals surface area contributed by atoms with E-state index in [9.17, 15) is 0 Å². The molecule has 2 aromatic heterocycles. The Hall–Kier alpha value is -3.73. The molecular formula is C21H17N5. The Bertz CT molecular complexity index is 993. The van der Waals surface area contributed by atoms with Crippen LogP contribution in [0, 0.1) is 0 Å². The van der Waals surface area contributed by atoms with E-state index in [1.165, 1.54) is 0 Å². The van der Waals surface area contributed by atoms with Crippen LogP contribution in [0.5, 0.6) is 0 Å². The number of rotatable bonds is 5. The van der Waals surface area contributed by atoms with E-state index in [4.69, 9.17) is 5.10 Å². The zero-order chi connectivity index (χ0) is 17.6. The largest absolute Gasteiger partial charge is 0.261 e. The van der Waals surface area contributed by atoms with Crippen molar-refractivity contribution in [3.05, 3.63) is 96.8 Å². The van der Waals surface area contributed by atoms with Gasteiger partial charge in [0.05, 0.1) is 11.9 Å². The highest BCUT2D eigenvalue weighted by Gasteiger charge is 2.10. The fourth-order valence-electron chi connectivity index (χ4n) is 2.61. The lowest BCUT2D eigenvalue weighted by Gasteiger charge is -2.00. The predicted octanol–water partition coefficient (Wildman–Crippen LogP) is 4.38. The summed E-state index contributed by atoms with van der Waals surface area (Å²) in [6, 6.07) is 25.8. The molecule has 0 aliphatic rings. The average molecular weight is 339 g/mol. The molecule has 2 aromatic carbocycles. The number of aromatic nitrogens is 3. The van der Waals surface area contributed by atoms with Gasteiger partial charge in [0.1, 0.15) is 11.5 Å². The summed E-state index contributed by atoms with van der Waals surface area (Å²) >= 11 is 0. The van der Waals surface area contributed by atoms with Crippen LogP contribution in [0.2, 0.25) is 0 Å². The number of para-hydroxylation sites is 1. The lowest BCUT2D eigenvalue weighted by molar-refractivity contribution is 0.884. The number of nitrogens with one attached hydrogen (secondary N) is 1. The van der Waals surface area contributed by atoms with Crippen molar-refractivity contribution in [2.24, 2.45) is 5.10 Å². The van der Waals surface area contributed by atoms with Crippen LogP contribution in [0.1, 0.15) is 5.56 Å². The Morgan fingerprint density at radius 1 is 0.846 bits per heavy atom. The molecule has 0 aliphatic heterocycles. The van der Waals surface area contributed by atoms with Crippen molar-refractivity contribution in [1.29, 1.82) is 0 Å². The summed E-state index contributed by atoms with van der Waals surface area (Å²) in [4.78, 5) is 4.20. The molecule has 0 aliphatic carbocycles. The Kier molecular flexibility index (Phi) is 4.52. The minimum Gasteiger partial charge on any atom is -0.261 e. The van der Waals surface area contributed by atoms with E-state index in [1.807, 2.05) is 89.7 Å². The molecule has 0 saturated heterocycles. The van der Waals surface area contributed by atoms with Crippen LogP contribution in [0.4, 0.5) is 5.82 Å². The van der Waals surface area contributed by atoms with E-state index in [0.29, 0.717) is 5.82 Å². The van der Waals surface area contributed by atoms with Crippen molar-refractivity contribution >= 4 is 12.0 Å². The van der Waals surface area contributed by atoms with Crippen LogP contribution in [0.25, 0.3) is 16.9 Å². The highest BCUT2D eigenvalue weighted by atomic mass is 15.3. The molecule has 0 unspecified atom stereocenters. The highest BCUT2D eigenvalue weighted by Crippen LogP contribution is 2.22. The first-order valence-electron chi connectivity index (χ1n) is 8.31. The molecule has 0 fully saturated rings. The molecule has 0 atom stereocenters. The van der Waals surface area contributed by atoms with E-state index in [-0.39, 0.29) is 0 Å². The third-order valence-corrected chi connectivity index (χ3v) is 3.86. The Labute approximate surface area is 151 Å². The van der Waals surface area contributed by atoms with Gasteiger partial charge in [-0.1, -0.05) is 54.6 Å². The average Bonchev–Trinajstić information content (AvgIpc) is 3.14. The first kappa shape index (κ1) is 15.8. The summed E-state index contributed by atoms with van der Waals surface area (Å²) in [7, 11) is 0. The minimum atomic E-state index is 0.695. The van der Waals surface area contributed by atoms with E-state index >= 15 is 0 Å². The number of benzene rings is 2. The van der Waals surface area contributed by atoms with Gasteiger partial charge in [0, 0.05) is 23.5 Å². The quantitative estimate of drug-likeness (QED) is 0.434. The van der Waals surface area contributed by atoms with Gasteiger partial charge in [0.25, 0.3) is 0 Å². The molecule has 1 N–H and O–H groups in total. The fraction of sp³-hybridized carbons (Fsp3) is 0. The third-order valence-electron chi connectivity index (χ3n) is 3.86. The predicted molar refractivity (Wildman–Crippen MR) is 104 cm³/mol. The molecular weight excluding hydrogens is 322 g/mol. The Morgan fingerprint density at radius 2 is 1.58 bits per heavy atom. The van der Waals surface area contributed by atoms with Gasteiger partial charge in [-0.25, -0.2) is 9.67 Å². The molecule has 4 rings (SSSR count). The van der Waals surface area contributed by atoms with Crippen LogP contribution >= 0.6 is 0 Å². The molecule has 0 saturated carbocycles. The molecule has 0 spiro atoms.